The Morgan fingerprint density at radius 3 is 2.41 bits per heavy atom. The van der Waals surface area contributed by atoms with Crippen molar-refractivity contribution in [3.63, 3.8) is 0 Å². The van der Waals surface area contributed by atoms with E-state index >= 15 is 0 Å². The van der Waals surface area contributed by atoms with Gasteiger partial charge in [0.1, 0.15) is 23.9 Å². The molecule has 0 saturated carbocycles. The van der Waals surface area contributed by atoms with Gasteiger partial charge in [0.25, 0.3) is 5.91 Å². The second kappa shape index (κ2) is 10.2. The molecule has 0 aliphatic heterocycles. The molecule has 32 heavy (non-hydrogen) atoms. The zero-order valence-electron chi connectivity index (χ0n) is 19.4. The van der Waals surface area contributed by atoms with Crippen LogP contribution in [0.1, 0.15) is 49.2 Å². The number of anilines is 1. The van der Waals surface area contributed by atoms with Crippen molar-refractivity contribution in [3.8, 4) is 17.2 Å². The van der Waals surface area contributed by atoms with E-state index in [1.807, 2.05) is 55.5 Å². The normalized spacial score (nSPS) is 11.0. The molecule has 1 N–H and O–H groups in total. The molecule has 0 aliphatic rings. The highest BCUT2D eigenvalue weighted by Crippen LogP contribution is 2.32. The average molecular weight is 434 g/mol. The smallest absolute Gasteiger partial charge is 0.255 e. The van der Waals surface area contributed by atoms with Crippen LogP contribution in [0.5, 0.6) is 17.2 Å². The Morgan fingerprint density at radius 1 is 0.906 bits per heavy atom. The van der Waals surface area contributed by atoms with Crippen molar-refractivity contribution in [2.24, 2.45) is 0 Å². The van der Waals surface area contributed by atoms with Crippen LogP contribution >= 0.6 is 0 Å². The quantitative estimate of drug-likeness (QED) is 0.458. The van der Waals surface area contributed by atoms with Crippen LogP contribution in [0.25, 0.3) is 0 Å². The van der Waals surface area contributed by atoms with Gasteiger partial charge in [0.05, 0.1) is 13.7 Å². The van der Waals surface area contributed by atoms with Crippen LogP contribution in [0.15, 0.2) is 66.7 Å². The number of carbonyl (C=O) groups excluding carboxylic acids is 1. The molecule has 5 heteroatoms. The summed E-state index contributed by atoms with van der Waals surface area (Å²) < 4.78 is 17.2. The Hall–Kier alpha value is -3.47. The molecule has 0 saturated heterocycles. The van der Waals surface area contributed by atoms with E-state index in [-0.39, 0.29) is 11.3 Å². The molecule has 5 nitrogen and oxygen atoms in total. The Labute approximate surface area is 190 Å². The van der Waals surface area contributed by atoms with E-state index in [0.717, 1.165) is 16.9 Å². The van der Waals surface area contributed by atoms with Gasteiger partial charge in [-0.05, 0) is 54.3 Å². The summed E-state index contributed by atoms with van der Waals surface area (Å²) in [6.07, 6.45) is 0. The summed E-state index contributed by atoms with van der Waals surface area (Å²) in [5.74, 6) is 2.01. The Kier molecular flexibility index (Phi) is 7.41. The summed E-state index contributed by atoms with van der Waals surface area (Å²) in [4.78, 5) is 12.9. The van der Waals surface area contributed by atoms with E-state index in [1.54, 1.807) is 19.2 Å². The van der Waals surface area contributed by atoms with Crippen LogP contribution in [0, 0.1) is 0 Å². The lowest BCUT2D eigenvalue weighted by atomic mass is 9.86. The van der Waals surface area contributed by atoms with E-state index in [2.05, 4.69) is 32.2 Å². The van der Waals surface area contributed by atoms with Crippen LogP contribution in [0.4, 0.5) is 5.69 Å². The summed E-state index contributed by atoms with van der Waals surface area (Å²) >= 11 is 0. The molecular formula is C27H31NO4. The number of methoxy groups -OCH3 is 1. The molecule has 0 bridgehead atoms. The molecule has 0 atom stereocenters. The van der Waals surface area contributed by atoms with Gasteiger partial charge in [0.15, 0.2) is 0 Å². The zero-order chi connectivity index (χ0) is 23.1. The van der Waals surface area contributed by atoms with Crippen molar-refractivity contribution in [1.82, 2.24) is 0 Å². The van der Waals surface area contributed by atoms with Gasteiger partial charge < -0.3 is 19.5 Å². The van der Waals surface area contributed by atoms with Gasteiger partial charge in [-0.1, -0.05) is 45.0 Å². The molecule has 0 aliphatic carbocycles. The average Bonchev–Trinajstić information content (AvgIpc) is 2.78. The van der Waals surface area contributed by atoms with Crippen molar-refractivity contribution in [2.75, 3.05) is 19.0 Å². The van der Waals surface area contributed by atoms with Crippen LogP contribution in [-0.2, 0) is 12.0 Å². The monoisotopic (exact) mass is 433 g/mol. The van der Waals surface area contributed by atoms with Gasteiger partial charge in [-0.25, -0.2) is 0 Å². The number of hydrogen-bond acceptors (Lipinski definition) is 4. The third-order valence-corrected chi connectivity index (χ3v) is 5.03. The fourth-order valence-corrected chi connectivity index (χ4v) is 3.40. The number of para-hydroxylation sites is 1. The van der Waals surface area contributed by atoms with Crippen molar-refractivity contribution < 1.29 is 19.0 Å². The number of carbonyl (C=O) groups is 1. The fraction of sp³-hybridized carbons (Fsp3) is 0.296. The minimum Gasteiger partial charge on any atom is -0.497 e. The van der Waals surface area contributed by atoms with E-state index < -0.39 is 0 Å². The van der Waals surface area contributed by atoms with Crippen LogP contribution in [0.3, 0.4) is 0 Å². The first-order valence-corrected chi connectivity index (χ1v) is 10.7. The van der Waals surface area contributed by atoms with Gasteiger partial charge in [-0.15, -0.1) is 0 Å². The molecule has 168 valence electrons. The summed E-state index contributed by atoms with van der Waals surface area (Å²) in [5.41, 5.74) is 3.09. The molecular weight excluding hydrogens is 402 g/mol. The SMILES string of the molecule is CCOc1ccc(C(=O)Nc2cccc(OC)c2)cc1COc1ccccc1C(C)(C)C. The fourth-order valence-electron chi connectivity index (χ4n) is 3.40. The lowest BCUT2D eigenvalue weighted by Crippen LogP contribution is -2.14. The van der Waals surface area contributed by atoms with Gasteiger partial charge >= 0.3 is 0 Å². The van der Waals surface area contributed by atoms with Crippen LogP contribution < -0.4 is 19.5 Å². The third kappa shape index (κ3) is 5.82. The van der Waals surface area contributed by atoms with Gasteiger partial charge in [0.2, 0.25) is 0 Å². The van der Waals surface area contributed by atoms with E-state index in [4.69, 9.17) is 14.2 Å². The number of nitrogens with one attached hydrogen (secondary N) is 1. The topological polar surface area (TPSA) is 56.8 Å². The molecule has 0 unspecified atom stereocenters. The van der Waals surface area contributed by atoms with Gasteiger partial charge in [-0.2, -0.15) is 0 Å². The van der Waals surface area contributed by atoms with Gasteiger partial charge in [-0.3, -0.25) is 4.79 Å². The first-order valence-electron chi connectivity index (χ1n) is 10.7. The number of benzene rings is 3. The largest absolute Gasteiger partial charge is 0.497 e. The molecule has 1 amide bonds. The van der Waals surface area contributed by atoms with E-state index in [9.17, 15) is 4.79 Å². The minimum absolute atomic E-state index is 0.0438. The summed E-state index contributed by atoms with van der Waals surface area (Å²) in [7, 11) is 1.59. The van der Waals surface area contributed by atoms with Crippen molar-refractivity contribution >= 4 is 11.6 Å². The van der Waals surface area contributed by atoms with E-state index in [0.29, 0.717) is 36.0 Å². The maximum Gasteiger partial charge on any atom is 0.255 e. The number of ether oxygens (including phenoxy) is 3. The van der Waals surface area contributed by atoms with Crippen molar-refractivity contribution in [2.45, 2.75) is 39.7 Å². The molecule has 0 fully saturated rings. The first-order chi connectivity index (χ1) is 15.3. The maximum atomic E-state index is 12.9. The van der Waals surface area contributed by atoms with E-state index in [1.165, 1.54) is 0 Å². The number of amides is 1. The highest BCUT2D eigenvalue weighted by Gasteiger charge is 2.19. The zero-order valence-corrected chi connectivity index (χ0v) is 19.4. The summed E-state index contributed by atoms with van der Waals surface area (Å²) in [6, 6.07) is 20.7. The van der Waals surface area contributed by atoms with Crippen molar-refractivity contribution in [3.05, 3.63) is 83.4 Å². The Balaban J connectivity index is 1.83. The summed E-state index contributed by atoms with van der Waals surface area (Å²) in [5, 5.41) is 2.91. The molecule has 3 aromatic carbocycles. The predicted octanol–water partition coefficient (Wildman–Crippen LogP) is 6.22. The highest BCUT2D eigenvalue weighted by molar-refractivity contribution is 6.04. The van der Waals surface area contributed by atoms with Crippen LogP contribution in [0.2, 0.25) is 0 Å². The second-order valence-electron chi connectivity index (χ2n) is 8.48. The number of rotatable bonds is 8. The lowest BCUT2D eigenvalue weighted by Gasteiger charge is -2.23. The third-order valence-electron chi connectivity index (χ3n) is 5.03. The molecule has 0 spiro atoms. The highest BCUT2D eigenvalue weighted by atomic mass is 16.5. The Morgan fingerprint density at radius 2 is 1.69 bits per heavy atom. The lowest BCUT2D eigenvalue weighted by molar-refractivity contribution is 0.102. The maximum absolute atomic E-state index is 12.9. The van der Waals surface area contributed by atoms with Crippen LogP contribution in [-0.4, -0.2) is 19.6 Å². The predicted molar refractivity (Wildman–Crippen MR) is 128 cm³/mol. The Bertz CT molecular complexity index is 1070. The molecule has 0 heterocycles. The molecule has 3 aromatic rings. The van der Waals surface area contributed by atoms with Gasteiger partial charge in [0, 0.05) is 22.9 Å². The molecule has 3 rings (SSSR count). The standard InChI is InChI=1S/C27H31NO4/c1-6-31-24-15-14-19(26(29)28-21-10-9-11-22(17-21)30-5)16-20(24)18-32-25-13-8-7-12-23(25)27(2,3)4/h7-17H,6,18H2,1-5H3,(H,28,29). The minimum atomic E-state index is -0.211. The summed E-state index contributed by atoms with van der Waals surface area (Å²) in [6.45, 7) is 9.23. The number of hydrogen-bond donors (Lipinski definition) is 1. The first kappa shape index (κ1) is 23.2. The molecule has 0 aromatic heterocycles. The van der Waals surface area contributed by atoms with Crippen molar-refractivity contribution in [1.29, 1.82) is 0 Å². The molecule has 0 radical (unpaired) electrons. The second-order valence-corrected chi connectivity index (χ2v) is 8.48.